The average molecular weight is 528 g/mol. The molecule has 2 aromatic carbocycles. The molecule has 0 fully saturated rings. The van der Waals surface area contributed by atoms with Crippen molar-refractivity contribution >= 4 is 46.8 Å². The number of ether oxygens (including phenoxy) is 2. The third-order valence-corrected chi connectivity index (χ3v) is 7.05. The molecule has 0 unspecified atom stereocenters. The SMILES string of the molecule is CCOc1ccc([C@H]2C(C#N)=C(SCC(=O)Nc3ccc(C)c(C)c3)NC(=O)[C@@H]2C(=O)OC)cc1Cl. The molecule has 1 aliphatic rings. The predicted molar refractivity (Wildman–Crippen MR) is 139 cm³/mol. The smallest absolute Gasteiger partial charge is 0.319 e. The fourth-order valence-electron chi connectivity index (χ4n) is 3.82. The molecule has 1 aliphatic heterocycles. The Morgan fingerprint density at radius 3 is 2.56 bits per heavy atom. The third-order valence-electron chi connectivity index (χ3n) is 5.74. The van der Waals surface area contributed by atoms with Crippen LogP contribution in [0.25, 0.3) is 0 Å². The topological polar surface area (TPSA) is 118 Å². The number of amides is 2. The van der Waals surface area contributed by atoms with Gasteiger partial charge in [0.25, 0.3) is 0 Å². The Bertz CT molecular complexity index is 1270. The second-order valence-electron chi connectivity index (χ2n) is 8.08. The maximum atomic E-state index is 13.0. The van der Waals surface area contributed by atoms with Gasteiger partial charge in [-0.25, -0.2) is 0 Å². The zero-order valence-corrected chi connectivity index (χ0v) is 21.9. The van der Waals surface area contributed by atoms with Crippen molar-refractivity contribution in [3.05, 3.63) is 68.7 Å². The zero-order chi connectivity index (χ0) is 26.4. The number of benzene rings is 2. The lowest BCUT2D eigenvalue weighted by Gasteiger charge is -2.31. The standard InChI is InChI=1S/C26H26ClN3O5S/c1-5-35-20-9-7-16(11-19(20)27)22-18(12-28)25(30-24(32)23(22)26(33)34-4)36-13-21(31)29-17-8-6-14(2)15(3)10-17/h6-11,22-23H,5,13H2,1-4H3,(H,29,31)(H,30,32)/t22-,23+/m0/s1. The summed E-state index contributed by atoms with van der Waals surface area (Å²) in [6, 6.07) is 12.5. The summed E-state index contributed by atoms with van der Waals surface area (Å²) < 4.78 is 10.3. The lowest BCUT2D eigenvalue weighted by molar-refractivity contribution is -0.150. The molecule has 0 saturated carbocycles. The predicted octanol–water partition coefficient (Wildman–Crippen LogP) is 4.47. The van der Waals surface area contributed by atoms with E-state index in [2.05, 4.69) is 16.7 Å². The number of carbonyl (C=O) groups excluding carboxylic acids is 3. The number of thioether (sulfide) groups is 1. The zero-order valence-electron chi connectivity index (χ0n) is 20.3. The molecule has 0 radical (unpaired) electrons. The summed E-state index contributed by atoms with van der Waals surface area (Å²) in [5.74, 6) is -3.59. The van der Waals surface area contributed by atoms with Gasteiger partial charge in [0.15, 0.2) is 0 Å². The largest absolute Gasteiger partial charge is 0.492 e. The van der Waals surface area contributed by atoms with Crippen LogP contribution in [0.15, 0.2) is 47.0 Å². The molecule has 3 rings (SSSR count). The van der Waals surface area contributed by atoms with Gasteiger partial charge in [-0.15, -0.1) is 0 Å². The van der Waals surface area contributed by atoms with Crippen molar-refractivity contribution in [2.24, 2.45) is 5.92 Å². The summed E-state index contributed by atoms with van der Waals surface area (Å²) in [7, 11) is 1.18. The minimum Gasteiger partial charge on any atom is -0.492 e. The molecule has 0 spiro atoms. The van der Waals surface area contributed by atoms with Gasteiger partial charge in [-0.05, 0) is 61.7 Å². The van der Waals surface area contributed by atoms with E-state index in [0.717, 1.165) is 22.9 Å². The minimum atomic E-state index is -1.30. The molecule has 0 saturated heterocycles. The van der Waals surface area contributed by atoms with Crippen LogP contribution in [0.4, 0.5) is 5.69 Å². The highest BCUT2D eigenvalue weighted by Crippen LogP contribution is 2.42. The lowest BCUT2D eigenvalue weighted by atomic mass is 9.78. The molecule has 0 bridgehead atoms. The van der Waals surface area contributed by atoms with E-state index in [4.69, 9.17) is 21.1 Å². The van der Waals surface area contributed by atoms with Crippen LogP contribution >= 0.6 is 23.4 Å². The van der Waals surface area contributed by atoms with Crippen molar-refractivity contribution in [2.45, 2.75) is 26.7 Å². The second kappa shape index (κ2) is 12.0. The van der Waals surface area contributed by atoms with Crippen molar-refractivity contribution in [1.29, 1.82) is 5.26 Å². The van der Waals surface area contributed by atoms with E-state index in [-0.39, 0.29) is 27.3 Å². The van der Waals surface area contributed by atoms with Gasteiger partial charge in [-0.2, -0.15) is 5.26 Å². The molecule has 188 valence electrons. The summed E-state index contributed by atoms with van der Waals surface area (Å²) in [4.78, 5) is 38.1. The highest BCUT2D eigenvalue weighted by molar-refractivity contribution is 8.03. The maximum Gasteiger partial charge on any atom is 0.319 e. The Morgan fingerprint density at radius 1 is 1.19 bits per heavy atom. The number of hydrogen-bond acceptors (Lipinski definition) is 7. The Balaban J connectivity index is 1.91. The van der Waals surface area contributed by atoms with Crippen LogP contribution in [-0.4, -0.2) is 37.3 Å². The van der Waals surface area contributed by atoms with Gasteiger partial charge in [0, 0.05) is 11.6 Å². The first-order valence-corrected chi connectivity index (χ1v) is 12.5. The number of allylic oxidation sites excluding steroid dienone is 1. The van der Waals surface area contributed by atoms with E-state index in [1.54, 1.807) is 24.3 Å². The molecular weight excluding hydrogens is 502 g/mol. The summed E-state index contributed by atoms with van der Waals surface area (Å²) in [6.07, 6.45) is 0. The van der Waals surface area contributed by atoms with Crippen LogP contribution in [0.2, 0.25) is 5.02 Å². The Hall–Kier alpha value is -3.48. The van der Waals surface area contributed by atoms with Crippen LogP contribution in [0, 0.1) is 31.1 Å². The van der Waals surface area contributed by atoms with Crippen molar-refractivity contribution < 1.29 is 23.9 Å². The number of nitrogens with one attached hydrogen (secondary N) is 2. The van der Waals surface area contributed by atoms with Crippen LogP contribution in [0.3, 0.4) is 0 Å². The Labute approximate surface area is 219 Å². The fraction of sp³-hybridized carbons (Fsp3) is 0.308. The van der Waals surface area contributed by atoms with Crippen molar-refractivity contribution in [2.75, 3.05) is 24.8 Å². The first-order valence-electron chi connectivity index (χ1n) is 11.1. The van der Waals surface area contributed by atoms with E-state index in [1.807, 2.05) is 32.9 Å². The lowest BCUT2D eigenvalue weighted by Crippen LogP contribution is -2.44. The number of methoxy groups -OCH3 is 1. The molecule has 2 atom stereocenters. The van der Waals surface area contributed by atoms with Gasteiger partial charge >= 0.3 is 5.97 Å². The molecule has 0 aliphatic carbocycles. The average Bonchev–Trinajstić information content (AvgIpc) is 2.85. The van der Waals surface area contributed by atoms with Crippen molar-refractivity contribution in [1.82, 2.24) is 5.32 Å². The number of aryl methyl sites for hydroxylation is 2. The van der Waals surface area contributed by atoms with Gasteiger partial charge in [0.1, 0.15) is 11.7 Å². The maximum absolute atomic E-state index is 13.0. The van der Waals surface area contributed by atoms with E-state index >= 15 is 0 Å². The quantitative estimate of drug-likeness (QED) is 0.384. The van der Waals surface area contributed by atoms with E-state index < -0.39 is 23.7 Å². The summed E-state index contributed by atoms with van der Waals surface area (Å²) in [5.41, 5.74) is 3.41. The molecule has 2 N–H and O–H groups in total. The number of anilines is 1. The van der Waals surface area contributed by atoms with E-state index in [0.29, 0.717) is 23.6 Å². The van der Waals surface area contributed by atoms with E-state index in [1.165, 1.54) is 7.11 Å². The third kappa shape index (κ3) is 6.01. The molecule has 1 heterocycles. The normalized spacial score (nSPS) is 17.2. The molecule has 10 heteroatoms. The van der Waals surface area contributed by atoms with Crippen LogP contribution in [0.1, 0.15) is 29.5 Å². The van der Waals surface area contributed by atoms with Gasteiger partial charge < -0.3 is 20.1 Å². The Morgan fingerprint density at radius 2 is 1.94 bits per heavy atom. The number of nitrogens with zero attached hydrogens (tertiary/aromatic N) is 1. The minimum absolute atomic E-state index is 0.0621. The number of nitriles is 1. The monoisotopic (exact) mass is 527 g/mol. The highest BCUT2D eigenvalue weighted by atomic mass is 35.5. The first kappa shape index (κ1) is 27.1. The summed E-state index contributed by atoms with van der Waals surface area (Å²) >= 11 is 7.36. The van der Waals surface area contributed by atoms with Gasteiger partial charge in [-0.1, -0.05) is 35.5 Å². The van der Waals surface area contributed by atoms with Crippen molar-refractivity contribution in [3.63, 3.8) is 0 Å². The van der Waals surface area contributed by atoms with Gasteiger partial charge in [0.2, 0.25) is 11.8 Å². The molecule has 36 heavy (non-hydrogen) atoms. The van der Waals surface area contributed by atoms with Crippen LogP contribution in [0.5, 0.6) is 5.75 Å². The summed E-state index contributed by atoms with van der Waals surface area (Å²) in [6.45, 7) is 6.16. The molecule has 2 amide bonds. The van der Waals surface area contributed by atoms with Crippen molar-refractivity contribution in [3.8, 4) is 11.8 Å². The van der Waals surface area contributed by atoms with E-state index in [9.17, 15) is 19.6 Å². The first-order chi connectivity index (χ1) is 17.2. The number of carbonyl (C=O) groups is 3. The summed E-state index contributed by atoms with van der Waals surface area (Å²) in [5, 5.41) is 15.9. The fourth-order valence-corrected chi connectivity index (χ4v) is 4.91. The molecule has 8 nitrogen and oxygen atoms in total. The molecule has 0 aromatic heterocycles. The number of rotatable bonds is 8. The van der Waals surface area contributed by atoms with Gasteiger partial charge in [-0.3, -0.25) is 14.4 Å². The van der Waals surface area contributed by atoms with Gasteiger partial charge in [0.05, 0.1) is 41.2 Å². The van der Waals surface area contributed by atoms with Crippen LogP contribution in [-0.2, 0) is 19.1 Å². The number of halogens is 1. The van der Waals surface area contributed by atoms with Crippen LogP contribution < -0.4 is 15.4 Å². The highest BCUT2D eigenvalue weighted by Gasteiger charge is 2.44. The second-order valence-corrected chi connectivity index (χ2v) is 9.47. The number of esters is 1. The Kier molecular flexibility index (Phi) is 9.02. The molecular formula is C26H26ClN3O5S. The number of hydrogen-bond donors (Lipinski definition) is 2. The molecule has 2 aromatic rings.